The summed E-state index contributed by atoms with van der Waals surface area (Å²) < 4.78 is 102. The first-order valence-corrected chi connectivity index (χ1v) is 32.6. The maximum absolute atomic E-state index is 13.9. The molecular formula is C77H77ClF6N10O6. The van der Waals surface area contributed by atoms with Crippen LogP contribution in [0.25, 0.3) is 11.4 Å². The zero-order chi connectivity index (χ0) is 69.7. The highest BCUT2D eigenvalue weighted by Crippen LogP contribution is 2.36. The normalized spacial score (nSPS) is 13.5. The van der Waals surface area contributed by atoms with Crippen molar-refractivity contribution in [2.75, 3.05) is 23.7 Å². The number of carbonyl (C=O) groups is 3. The fourth-order valence-corrected chi connectivity index (χ4v) is 11.0. The molecule has 2 unspecified atom stereocenters. The van der Waals surface area contributed by atoms with E-state index in [-0.39, 0.29) is 54.7 Å². The first-order valence-electron chi connectivity index (χ1n) is 32.6. The number of aromatic nitrogens is 4. The lowest BCUT2D eigenvalue weighted by molar-refractivity contribution is -0.142. The Morgan fingerprint density at radius 2 is 0.880 bits per heavy atom. The molecule has 2 heterocycles. The van der Waals surface area contributed by atoms with Crippen molar-refractivity contribution in [3.8, 4) is 22.9 Å². The van der Waals surface area contributed by atoms with Crippen molar-refractivity contribution in [1.82, 2.24) is 35.5 Å². The molecule has 100 heavy (non-hydrogen) atoms. The molecule has 12 rings (SSSR count). The van der Waals surface area contributed by atoms with Gasteiger partial charge in [-0.25, -0.2) is 14.2 Å². The van der Waals surface area contributed by atoms with Gasteiger partial charge in [-0.3, -0.25) is 9.59 Å². The standard InChI is InChI=1S/C41H42F3N5O4.C36H34F3N5O2.ClH/c1-40(2,3)53-39(51)46-25-29-12-7-16-33(20-29)49-35(23-36(48-49)41(42,43)44)38(50)47-32-15-8-13-30(21-32)37(45-24-27-18-19-27)31-14-9-17-34(22-31)52-26-28-10-5-4-6-11-28;37-36(38,39)33-20-32(44(43-33)30-13-4-9-26(17-30)21-40)35(45)42-29-12-5-10-27(18-29)34(41-22-24-15-16-24)28-11-6-14-31(19-28)46-23-25-7-2-1-3-8-25;/h4-17,20-23,27,37,45H,18-19,24-26H2,1-3H3,(H,46,51)(H,47,50);1-14,17-20,24,34,41H,15-16,21-23,40H2,(H,42,45);1H. The first-order chi connectivity index (χ1) is 47.6. The Morgan fingerprint density at radius 1 is 0.490 bits per heavy atom. The summed E-state index contributed by atoms with van der Waals surface area (Å²) in [5.41, 5.74) is 10.5. The van der Waals surface area contributed by atoms with E-state index in [4.69, 9.17) is 19.9 Å². The third-order valence-electron chi connectivity index (χ3n) is 16.3. The first kappa shape index (κ1) is 72.5. The molecule has 2 saturated carbocycles. The van der Waals surface area contributed by atoms with Crippen molar-refractivity contribution in [2.24, 2.45) is 17.6 Å². The van der Waals surface area contributed by atoms with Gasteiger partial charge in [-0.1, -0.05) is 133 Å². The van der Waals surface area contributed by atoms with E-state index in [1.165, 1.54) is 18.9 Å². The van der Waals surface area contributed by atoms with Gasteiger partial charge in [0.15, 0.2) is 11.4 Å². The lowest BCUT2D eigenvalue weighted by atomic mass is 9.97. The van der Waals surface area contributed by atoms with E-state index in [1.807, 2.05) is 140 Å². The molecule has 0 radical (unpaired) electrons. The van der Waals surface area contributed by atoms with Gasteiger partial charge in [0.2, 0.25) is 0 Å². The zero-order valence-corrected chi connectivity index (χ0v) is 56.0. The average molecular weight is 1390 g/mol. The van der Waals surface area contributed by atoms with E-state index in [2.05, 4.69) is 36.8 Å². The highest BCUT2D eigenvalue weighted by molar-refractivity contribution is 6.04. The molecule has 0 spiro atoms. The van der Waals surface area contributed by atoms with Gasteiger partial charge >= 0.3 is 18.4 Å². The second-order valence-corrected chi connectivity index (χ2v) is 25.5. The summed E-state index contributed by atoms with van der Waals surface area (Å²) in [6, 6.07) is 64.2. The molecule has 23 heteroatoms. The smallest absolute Gasteiger partial charge is 0.435 e. The summed E-state index contributed by atoms with van der Waals surface area (Å²) in [5, 5.41) is 23.1. The van der Waals surface area contributed by atoms with Crippen molar-refractivity contribution in [3.63, 3.8) is 0 Å². The summed E-state index contributed by atoms with van der Waals surface area (Å²) in [7, 11) is 0. The van der Waals surface area contributed by atoms with E-state index in [0.29, 0.717) is 59.0 Å². The van der Waals surface area contributed by atoms with Gasteiger partial charge in [0, 0.05) is 36.6 Å². The minimum atomic E-state index is -4.80. The summed E-state index contributed by atoms with van der Waals surface area (Å²) in [6.07, 6.45) is -5.49. The van der Waals surface area contributed by atoms with Gasteiger partial charge in [0.05, 0.1) is 23.5 Å². The van der Waals surface area contributed by atoms with Crippen LogP contribution in [0.1, 0.15) is 135 Å². The SMILES string of the molecule is CC(C)(C)OC(=O)NCc1cccc(-n2nc(C(F)(F)F)cc2C(=O)Nc2cccc(C(NCC3CC3)c3cccc(OCc4ccccc4)c3)c2)c1.Cl.NCc1cccc(-n2nc(C(F)(F)F)cc2C(=O)Nc2cccc(C(NCC3CC3)c3cccc(OCc4ccccc4)c3)c2)c1. The van der Waals surface area contributed by atoms with Crippen molar-refractivity contribution in [1.29, 1.82) is 0 Å². The average Bonchev–Trinajstić information content (AvgIpc) is 1.66. The minimum Gasteiger partial charge on any atom is -0.489 e. The van der Waals surface area contributed by atoms with Gasteiger partial charge in [0.25, 0.3) is 11.8 Å². The summed E-state index contributed by atoms with van der Waals surface area (Å²) in [4.78, 5) is 39.4. The lowest BCUT2D eigenvalue weighted by Gasteiger charge is -2.21. The molecule has 2 aromatic heterocycles. The van der Waals surface area contributed by atoms with Crippen molar-refractivity contribution in [3.05, 3.63) is 286 Å². The predicted octanol–water partition coefficient (Wildman–Crippen LogP) is 16.5. The van der Waals surface area contributed by atoms with E-state index in [1.54, 1.807) is 81.4 Å². The van der Waals surface area contributed by atoms with Crippen LogP contribution in [0.3, 0.4) is 0 Å². The number of halogens is 7. The van der Waals surface area contributed by atoms with Crippen LogP contribution in [0.15, 0.2) is 218 Å². The largest absolute Gasteiger partial charge is 0.489 e. The second-order valence-electron chi connectivity index (χ2n) is 25.5. The van der Waals surface area contributed by atoms with Crippen LogP contribution in [-0.4, -0.2) is 56.2 Å². The van der Waals surface area contributed by atoms with Crippen molar-refractivity contribution >= 4 is 41.7 Å². The number of rotatable bonds is 25. The number of alkyl carbamates (subject to hydrolysis) is 1. The van der Waals surface area contributed by atoms with Gasteiger partial charge in [-0.2, -0.15) is 36.5 Å². The Labute approximate surface area is 582 Å². The quantitative estimate of drug-likeness (QED) is 0.0297. The molecule has 2 aliphatic carbocycles. The van der Waals surface area contributed by atoms with Crippen molar-refractivity contribution in [2.45, 2.75) is 103 Å². The minimum absolute atomic E-state index is 0. The maximum atomic E-state index is 13.9. The van der Waals surface area contributed by atoms with Crippen LogP contribution in [0.4, 0.5) is 42.5 Å². The Bertz CT molecular complexity index is 4400. The maximum Gasteiger partial charge on any atom is 0.435 e. The number of amides is 3. The van der Waals surface area contributed by atoms with E-state index in [9.17, 15) is 40.7 Å². The van der Waals surface area contributed by atoms with E-state index < -0.39 is 47.2 Å². The number of hydrogen-bond donors (Lipinski definition) is 6. The molecular weight excluding hydrogens is 1310 g/mol. The van der Waals surface area contributed by atoms with Gasteiger partial charge < -0.3 is 46.5 Å². The van der Waals surface area contributed by atoms with Crippen LogP contribution >= 0.6 is 12.4 Å². The number of hydrogen-bond acceptors (Lipinski definition) is 11. The van der Waals surface area contributed by atoms with Crippen LogP contribution < -0.4 is 41.8 Å². The van der Waals surface area contributed by atoms with Crippen LogP contribution in [0.5, 0.6) is 11.5 Å². The monoisotopic (exact) mass is 1390 g/mol. The van der Waals surface area contributed by atoms with Crippen LogP contribution in [0.2, 0.25) is 0 Å². The molecule has 8 aromatic carbocycles. The van der Waals surface area contributed by atoms with Gasteiger partial charge in [-0.15, -0.1) is 12.4 Å². The highest BCUT2D eigenvalue weighted by atomic mass is 35.5. The number of nitrogens with one attached hydrogen (secondary N) is 5. The Balaban J connectivity index is 0.000000216. The number of alkyl halides is 6. The summed E-state index contributed by atoms with van der Waals surface area (Å²) in [6.45, 7) is 7.94. The highest BCUT2D eigenvalue weighted by Gasteiger charge is 2.38. The molecule has 7 N–H and O–H groups in total. The fourth-order valence-electron chi connectivity index (χ4n) is 11.0. The Hall–Kier alpha value is -10.3. The third kappa shape index (κ3) is 20.4. The van der Waals surface area contributed by atoms with Crippen LogP contribution in [-0.2, 0) is 43.4 Å². The molecule has 520 valence electrons. The summed E-state index contributed by atoms with van der Waals surface area (Å²) in [5.74, 6) is 1.15. The lowest BCUT2D eigenvalue weighted by Crippen LogP contribution is -2.32. The fraction of sp³-hybridized carbons (Fsp3) is 0.260. The second kappa shape index (κ2) is 32.6. The third-order valence-corrected chi connectivity index (χ3v) is 16.3. The molecule has 0 aliphatic heterocycles. The predicted molar refractivity (Wildman–Crippen MR) is 374 cm³/mol. The van der Waals surface area contributed by atoms with E-state index >= 15 is 0 Å². The molecule has 2 atom stereocenters. The number of ether oxygens (including phenoxy) is 3. The number of carbonyl (C=O) groups excluding carboxylic acids is 3. The molecule has 0 bridgehead atoms. The van der Waals surface area contributed by atoms with E-state index in [0.717, 1.165) is 86.6 Å². The molecule has 2 fully saturated rings. The number of nitrogens with zero attached hydrogens (tertiary/aromatic N) is 4. The molecule has 10 aromatic rings. The molecule has 2 aliphatic rings. The number of benzene rings is 8. The Morgan fingerprint density at radius 3 is 1.29 bits per heavy atom. The van der Waals surface area contributed by atoms with Gasteiger partial charge in [0.1, 0.15) is 41.7 Å². The Kier molecular flexibility index (Phi) is 23.6. The number of nitrogens with two attached hydrogens (primary N) is 1. The number of anilines is 2. The molecule has 0 saturated heterocycles. The molecule has 3 amide bonds. The van der Waals surface area contributed by atoms with Crippen LogP contribution in [0, 0.1) is 11.8 Å². The zero-order valence-electron chi connectivity index (χ0n) is 55.2. The van der Waals surface area contributed by atoms with Crippen molar-refractivity contribution < 1.29 is 54.9 Å². The topological polar surface area (TPSA) is 201 Å². The molecule has 16 nitrogen and oxygen atoms in total. The van der Waals surface area contributed by atoms with Gasteiger partial charge in [-0.05, 0) is 189 Å². The summed E-state index contributed by atoms with van der Waals surface area (Å²) >= 11 is 0.